The lowest BCUT2D eigenvalue weighted by molar-refractivity contribution is -0.122. The van der Waals surface area contributed by atoms with Gasteiger partial charge in [-0.25, -0.2) is 4.98 Å². The zero-order valence-corrected chi connectivity index (χ0v) is 15.5. The van der Waals surface area contributed by atoms with E-state index < -0.39 is 0 Å². The van der Waals surface area contributed by atoms with Crippen LogP contribution in [0.1, 0.15) is 12.8 Å². The Morgan fingerprint density at radius 1 is 1.12 bits per heavy atom. The number of rotatable bonds is 2. The summed E-state index contributed by atoms with van der Waals surface area (Å²) in [6.45, 7) is 2.52. The second kappa shape index (κ2) is 7.26. The molecule has 0 saturated carbocycles. The molecule has 2 aliphatic rings. The van der Waals surface area contributed by atoms with Gasteiger partial charge in [-0.05, 0) is 37.1 Å². The van der Waals surface area contributed by atoms with Crippen molar-refractivity contribution in [3.05, 3.63) is 47.6 Å². The van der Waals surface area contributed by atoms with Gasteiger partial charge in [-0.15, -0.1) is 11.8 Å². The molecule has 0 bridgehead atoms. The smallest absolute Gasteiger partial charge is 0.230 e. The van der Waals surface area contributed by atoms with Crippen LogP contribution in [0.3, 0.4) is 0 Å². The van der Waals surface area contributed by atoms with E-state index in [2.05, 4.69) is 22.0 Å². The largest absolute Gasteiger partial charge is 0.357 e. The number of nitrogens with zero attached hydrogens (tertiary/aromatic N) is 3. The van der Waals surface area contributed by atoms with Crippen molar-refractivity contribution in [1.29, 1.82) is 0 Å². The van der Waals surface area contributed by atoms with Crippen LogP contribution < -0.4 is 9.80 Å². The standard InChI is InChI=1S/C19H20ClN3OS/c20-15-5-6-18(21-13-15)22-9-7-14(8-10-22)19(24)23-11-12-25-17-4-2-1-3-16(17)23/h1-6,13-14H,7-12H2. The molecule has 0 unspecified atom stereocenters. The maximum atomic E-state index is 13.1. The van der Waals surface area contributed by atoms with Crippen molar-refractivity contribution in [2.24, 2.45) is 5.92 Å². The molecule has 0 atom stereocenters. The van der Waals surface area contributed by atoms with Crippen LogP contribution >= 0.6 is 23.4 Å². The van der Waals surface area contributed by atoms with Gasteiger partial charge < -0.3 is 9.80 Å². The molecule has 130 valence electrons. The second-order valence-electron chi connectivity index (χ2n) is 6.40. The maximum Gasteiger partial charge on any atom is 0.230 e. The van der Waals surface area contributed by atoms with Crippen molar-refractivity contribution >= 4 is 40.8 Å². The normalized spacial score (nSPS) is 18.1. The second-order valence-corrected chi connectivity index (χ2v) is 7.98. The van der Waals surface area contributed by atoms with E-state index in [0.717, 1.165) is 49.7 Å². The molecule has 2 aliphatic heterocycles. The highest BCUT2D eigenvalue weighted by atomic mass is 35.5. The first-order valence-corrected chi connectivity index (χ1v) is 9.98. The lowest BCUT2D eigenvalue weighted by Crippen LogP contribution is -2.44. The SMILES string of the molecule is O=C(C1CCN(c2ccc(Cl)cn2)CC1)N1CCSc2ccccc21. The number of amides is 1. The first-order valence-electron chi connectivity index (χ1n) is 8.62. The number of hydrogen-bond donors (Lipinski definition) is 0. The van der Waals surface area contributed by atoms with Crippen LogP contribution in [0.15, 0.2) is 47.5 Å². The highest BCUT2D eigenvalue weighted by Gasteiger charge is 2.31. The highest BCUT2D eigenvalue weighted by Crippen LogP contribution is 2.36. The molecule has 0 radical (unpaired) electrons. The van der Waals surface area contributed by atoms with E-state index in [1.807, 2.05) is 40.9 Å². The number of carbonyl (C=O) groups excluding carboxylic acids is 1. The molecule has 1 aromatic carbocycles. The molecule has 3 heterocycles. The molecule has 2 aromatic rings. The Labute approximate surface area is 157 Å². The fourth-order valence-corrected chi connectivity index (χ4v) is 4.64. The van der Waals surface area contributed by atoms with Crippen LogP contribution in [0, 0.1) is 5.92 Å². The molecule has 25 heavy (non-hydrogen) atoms. The minimum Gasteiger partial charge on any atom is -0.357 e. The number of anilines is 2. The van der Waals surface area contributed by atoms with Crippen LogP contribution in [0.5, 0.6) is 0 Å². The van der Waals surface area contributed by atoms with Crippen LogP contribution in [0.4, 0.5) is 11.5 Å². The van der Waals surface area contributed by atoms with Crippen molar-refractivity contribution in [2.45, 2.75) is 17.7 Å². The van der Waals surface area contributed by atoms with Crippen LogP contribution in [-0.4, -0.2) is 36.3 Å². The summed E-state index contributed by atoms with van der Waals surface area (Å²) < 4.78 is 0. The van der Waals surface area contributed by atoms with E-state index in [1.54, 1.807) is 6.20 Å². The fourth-order valence-electron chi connectivity index (χ4n) is 3.53. The number of hydrogen-bond acceptors (Lipinski definition) is 4. The molecule has 1 fully saturated rings. The zero-order chi connectivity index (χ0) is 17.2. The summed E-state index contributed by atoms with van der Waals surface area (Å²) in [5.41, 5.74) is 1.07. The van der Waals surface area contributed by atoms with Crippen molar-refractivity contribution in [3.63, 3.8) is 0 Å². The predicted molar refractivity (Wildman–Crippen MR) is 104 cm³/mol. The van der Waals surface area contributed by atoms with E-state index in [0.29, 0.717) is 5.02 Å². The number of benzene rings is 1. The first-order chi connectivity index (χ1) is 12.2. The number of fused-ring (bicyclic) bond motifs is 1. The average molecular weight is 374 g/mol. The molecule has 0 N–H and O–H groups in total. The Morgan fingerprint density at radius 3 is 2.68 bits per heavy atom. The minimum absolute atomic E-state index is 0.0970. The highest BCUT2D eigenvalue weighted by molar-refractivity contribution is 7.99. The van der Waals surface area contributed by atoms with Gasteiger partial charge in [0.2, 0.25) is 5.91 Å². The Kier molecular flexibility index (Phi) is 4.86. The average Bonchev–Trinajstić information content (AvgIpc) is 2.68. The summed E-state index contributed by atoms with van der Waals surface area (Å²) in [6, 6.07) is 12.0. The lowest BCUT2D eigenvalue weighted by atomic mass is 9.95. The Hall–Kier alpha value is -1.72. The molecule has 4 rings (SSSR count). The molecule has 0 spiro atoms. The Morgan fingerprint density at radius 2 is 1.92 bits per heavy atom. The summed E-state index contributed by atoms with van der Waals surface area (Å²) in [5.74, 6) is 2.28. The van der Waals surface area contributed by atoms with Gasteiger partial charge in [0.05, 0.1) is 10.7 Å². The monoisotopic (exact) mass is 373 g/mol. The third kappa shape index (κ3) is 3.48. The van der Waals surface area contributed by atoms with Gasteiger partial charge in [0.15, 0.2) is 0 Å². The number of carbonyl (C=O) groups is 1. The summed E-state index contributed by atoms with van der Waals surface area (Å²) in [4.78, 5) is 22.9. The van der Waals surface area contributed by atoms with E-state index in [4.69, 9.17) is 11.6 Å². The molecule has 6 heteroatoms. The van der Waals surface area contributed by atoms with Gasteiger partial charge in [-0.1, -0.05) is 23.7 Å². The van der Waals surface area contributed by atoms with E-state index in [9.17, 15) is 4.79 Å². The number of pyridine rings is 1. The van der Waals surface area contributed by atoms with Gasteiger partial charge in [0, 0.05) is 42.4 Å². The number of halogens is 1. The molecule has 1 aromatic heterocycles. The summed E-state index contributed by atoms with van der Waals surface area (Å²) in [5, 5.41) is 0.649. The van der Waals surface area contributed by atoms with Crippen molar-refractivity contribution in [3.8, 4) is 0 Å². The van der Waals surface area contributed by atoms with Gasteiger partial charge in [-0.2, -0.15) is 0 Å². The van der Waals surface area contributed by atoms with Crippen LogP contribution in [-0.2, 0) is 4.79 Å². The number of thioether (sulfide) groups is 1. The molecular formula is C19H20ClN3OS. The van der Waals surface area contributed by atoms with E-state index >= 15 is 0 Å². The molecular weight excluding hydrogens is 354 g/mol. The molecule has 1 saturated heterocycles. The number of piperidine rings is 1. The first kappa shape index (κ1) is 16.7. The van der Waals surface area contributed by atoms with Crippen molar-refractivity contribution in [1.82, 2.24) is 4.98 Å². The number of para-hydroxylation sites is 1. The zero-order valence-electron chi connectivity index (χ0n) is 13.9. The van der Waals surface area contributed by atoms with Gasteiger partial charge >= 0.3 is 0 Å². The van der Waals surface area contributed by atoms with Crippen LogP contribution in [0.2, 0.25) is 5.02 Å². The fraction of sp³-hybridized carbons (Fsp3) is 0.368. The topological polar surface area (TPSA) is 36.4 Å². The molecule has 1 amide bonds. The molecule has 4 nitrogen and oxygen atoms in total. The molecule has 0 aliphatic carbocycles. The summed E-state index contributed by atoms with van der Waals surface area (Å²) >= 11 is 7.74. The van der Waals surface area contributed by atoms with E-state index in [1.165, 1.54) is 4.90 Å². The summed E-state index contributed by atoms with van der Waals surface area (Å²) in [7, 11) is 0. The Bertz CT molecular complexity index is 760. The third-order valence-electron chi connectivity index (χ3n) is 4.87. The third-order valence-corrected chi connectivity index (χ3v) is 6.14. The van der Waals surface area contributed by atoms with Crippen molar-refractivity contribution in [2.75, 3.05) is 35.2 Å². The van der Waals surface area contributed by atoms with Crippen molar-refractivity contribution < 1.29 is 4.79 Å². The quantitative estimate of drug-likeness (QED) is 0.794. The lowest BCUT2D eigenvalue weighted by Gasteiger charge is -2.36. The summed E-state index contributed by atoms with van der Waals surface area (Å²) in [6.07, 6.45) is 3.42. The van der Waals surface area contributed by atoms with Crippen LogP contribution in [0.25, 0.3) is 0 Å². The maximum absolute atomic E-state index is 13.1. The van der Waals surface area contributed by atoms with E-state index in [-0.39, 0.29) is 11.8 Å². The Balaban J connectivity index is 1.43. The predicted octanol–water partition coefficient (Wildman–Crippen LogP) is 4.09. The van der Waals surface area contributed by atoms with Gasteiger partial charge in [-0.3, -0.25) is 4.79 Å². The van der Waals surface area contributed by atoms with Gasteiger partial charge in [0.1, 0.15) is 5.82 Å². The number of aromatic nitrogens is 1. The minimum atomic E-state index is 0.0970. The van der Waals surface area contributed by atoms with Gasteiger partial charge in [0.25, 0.3) is 0 Å².